The van der Waals surface area contributed by atoms with Gasteiger partial charge in [-0.1, -0.05) is 51.5 Å². The fourth-order valence-corrected chi connectivity index (χ4v) is 3.26. The Labute approximate surface area is 171 Å². The van der Waals surface area contributed by atoms with E-state index < -0.39 is 5.97 Å². The van der Waals surface area contributed by atoms with Crippen LogP contribution in [0.5, 0.6) is 0 Å². The molecule has 0 amide bonds. The first-order chi connectivity index (χ1) is 14.0. The smallest absolute Gasteiger partial charge is 0.336 e. The molecule has 0 aliphatic rings. The van der Waals surface area contributed by atoms with Crippen molar-refractivity contribution in [3.05, 3.63) is 65.4 Å². The number of hydrogen-bond acceptors (Lipinski definition) is 4. The number of aryl methyl sites for hydroxylation is 1. The van der Waals surface area contributed by atoms with Gasteiger partial charge in [0.15, 0.2) is 5.82 Å². The van der Waals surface area contributed by atoms with Crippen molar-refractivity contribution in [3.8, 4) is 11.3 Å². The lowest BCUT2D eigenvalue weighted by Gasteiger charge is -2.07. The van der Waals surface area contributed by atoms with Gasteiger partial charge >= 0.3 is 5.97 Å². The number of carboxylic acids is 1. The molecule has 2 heterocycles. The average Bonchev–Trinajstić information content (AvgIpc) is 3.07. The minimum Gasteiger partial charge on any atom is -0.478 e. The van der Waals surface area contributed by atoms with Crippen molar-refractivity contribution in [2.75, 3.05) is 0 Å². The van der Waals surface area contributed by atoms with E-state index in [1.165, 1.54) is 0 Å². The molecule has 0 radical (unpaired) electrons. The molecule has 0 atom stereocenters. The third-order valence-electron chi connectivity index (χ3n) is 4.73. The third kappa shape index (κ3) is 5.28. The van der Waals surface area contributed by atoms with Gasteiger partial charge in [0.05, 0.1) is 11.3 Å². The van der Waals surface area contributed by atoms with Gasteiger partial charge in [-0.15, -0.1) is 0 Å². The Hall–Kier alpha value is -3.02. The predicted molar refractivity (Wildman–Crippen MR) is 113 cm³/mol. The first-order valence-electron chi connectivity index (χ1n) is 10.2. The van der Waals surface area contributed by atoms with Crippen LogP contribution in [0.3, 0.4) is 0 Å². The van der Waals surface area contributed by atoms with Gasteiger partial charge in [-0.2, -0.15) is 5.10 Å². The van der Waals surface area contributed by atoms with Crippen LogP contribution >= 0.6 is 0 Å². The van der Waals surface area contributed by atoms with Gasteiger partial charge in [-0.3, -0.25) is 4.98 Å². The van der Waals surface area contributed by atoms with Crippen molar-refractivity contribution in [1.29, 1.82) is 0 Å². The molecule has 2 aromatic heterocycles. The summed E-state index contributed by atoms with van der Waals surface area (Å²) in [7, 11) is 0. The topological polar surface area (TPSA) is 80.9 Å². The minimum absolute atomic E-state index is 0.255. The molecule has 3 aromatic rings. The van der Waals surface area contributed by atoms with Crippen LogP contribution in [-0.2, 0) is 19.4 Å². The molecule has 6 nitrogen and oxygen atoms in total. The first kappa shape index (κ1) is 20.7. The molecular formula is C23H28N4O2. The monoisotopic (exact) mass is 392 g/mol. The Morgan fingerprint density at radius 3 is 2.62 bits per heavy atom. The minimum atomic E-state index is -0.951. The van der Waals surface area contributed by atoms with E-state index in [1.807, 2.05) is 22.9 Å². The van der Waals surface area contributed by atoms with E-state index in [4.69, 9.17) is 10.1 Å². The maximum absolute atomic E-state index is 11.5. The molecule has 0 spiro atoms. The van der Waals surface area contributed by atoms with Gasteiger partial charge < -0.3 is 5.11 Å². The highest BCUT2D eigenvalue weighted by atomic mass is 16.4. The number of aromatic nitrogens is 4. The number of unbranched alkanes of at least 4 members (excludes halogenated alkanes) is 1. The normalized spacial score (nSPS) is 11.2. The Balaban J connectivity index is 1.83. The SMILES string of the molecule is CCCCn1nc(CC(C)C)nc1Cc1ccc(-c2ccccc2C(=O)O)nc1. The summed E-state index contributed by atoms with van der Waals surface area (Å²) < 4.78 is 2.02. The average molecular weight is 393 g/mol. The molecule has 3 rings (SSSR count). The molecule has 0 bridgehead atoms. The van der Waals surface area contributed by atoms with Gasteiger partial charge in [0.1, 0.15) is 5.82 Å². The molecule has 29 heavy (non-hydrogen) atoms. The van der Waals surface area contributed by atoms with Gasteiger partial charge in [0, 0.05) is 31.1 Å². The second-order valence-electron chi connectivity index (χ2n) is 7.70. The summed E-state index contributed by atoms with van der Waals surface area (Å²) in [5.41, 5.74) is 2.56. The zero-order valence-corrected chi connectivity index (χ0v) is 17.3. The Kier molecular flexibility index (Phi) is 6.75. The molecule has 0 saturated heterocycles. The van der Waals surface area contributed by atoms with Crippen LogP contribution in [-0.4, -0.2) is 30.8 Å². The Morgan fingerprint density at radius 2 is 1.97 bits per heavy atom. The third-order valence-corrected chi connectivity index (χ3v) is 4.73. The lowest BCUT2D eigenvalue weighted by Crippen LogP contribution is -2.07. The summed E-state index contributed by atoms with van der Waals surface area (Å²) in [6.07, 6.45) is 5.51. The maximum atomic E-state index is 11.5. The highest BCUT2D eigenvalue weighted by Crippen LogP contribution is 2.22. The fraction of sp³-hybridized carbons (Fsp3) is 0.391. The van der Waals surface area contributed by atoms with Crippen LogP contribution in [0, 0.1) is 5.92 Å². The molecular weight excluding hydrogens is 364 g/mol. The second kappa shape index (κ2) is 9.45. The van der Waals surface area contributed by atoms with E-state index in [0.29, 0.717) is 23.6 Å². The zero-order valence-electron chi connectivity index (χ0n) is 17.3. The van der Waals surface area contributed by atoms with Gasteiger partial charge in [-0.25, -0.2) is 14.5 Å². The zero-order chi connectivity index (χ0) is 20.8. The highest BCUT2D eigenvalue weighted by Gasteiger charge is 2.14. The van der Waals surface area contributed by atoms with Crippen LogP contribution in [0.2, 0.25) is 0 Å². The molecule has 1 aromatic carbocycles. The summed E-state index contributed by atoms with van der Waals surface area (Å²) in [5, 5.41) is 14.1. The molecule has 0 saturated carbocycles. The fourth-order valence-electron chi connectivity index (χ4n) is 3.26. The largest absolute Gasteiger partial charge is 0.478 e. The Bertz CT molecular complexity index is 961. The van der Waals surface area contributed by atoms with Gasteiger partial charge in [0.2, 0.25) is 0 Å². The van der Waals surface area contributed by atoms with Crippen LogP contribution in [0.1, 0.15) is 61.2 Å². The number of carboxylic acid groups (broad SMARTS) is 1. The molecule has 0 aliphatic heterocycles. The number of rotatable bonds is 9. The van der Waals surface area contributed by atoms with Crippen LogP contribution < -0.4 is 0 Å². The summed E-state index contributed by atoms with van der Waals surface area (Å²) in [6, 6.07) is 10.8. The quantitative estimate of drug-likeness (QED) is 0.574. The van der Waals surface area contributed by atoms with Crippen molar-refractivity contribution in [3.63, 3.8) is 0 Å². The highest BCUT2D eigenvalue weighted by molar-refractivity contribution is 5.95. The summed E-state index contributed by atoms with van der Waals surface area (Å²) in [4.78, 5) is 20.7. The van der Waals surface area contributed by atoms with E-state index in [-0.39, 0.29) is 5.56 Å². The number of hydrogen-bond donors (Lipinski definition) is 1. The molecule has 6 heteroatoms. The summed E-state index contributed by atoms with van der Waals surface area (Å²) in [5.74, 6) is 1.41. The second-order valence-corrected chi connectivity index (χ2v) is 7.70. The maximum Gasteiger partial charge on any atom is 0.336 e. The molecule has 152 valence electrons. The number of nitrogens with zero attached hydrogens (tertiary/aromatic N) is 4. The van der Waals surface area contributed by atoms with E-state index in [9.17, 15) is 9.90 Å². The lowest BCUT2D eigenvalue weighted by atomic mass is 10.0. The van der Waals surface area contributed by atoms with E-state index in [1.54, 1.807) is 24.4 Å². The number of aromatic carboxylic acids is 1. The summed E-state index contributed by atoms with van der Waals surface area (Å²) >= 11 is 0. The van der Waals surface area contributed by atoms with Crippen molar-refractivity contribution in [2.45, 2.75) is 53.0 Å². The number of benzene rings is 1. The van der Waals surface area contributed by atoms with Crippen LogP contribution in [0.4, 0.5) is 0 Å². The number of carbonyl (C=O) groups is 1. The van der Waals surface area contributed by atoms with E-state index in [0.717, 1.165) is 43.0 Å². The molecule has 1 N–H and O–H groups in total. The van der Waals surface area contributed by atoms with Crippen molar-refractivity contribution >= 4 is 5.97 Å². The van der Waals surface area contributed by atoms with Gasteiger partial charge in [0.25, 0.3) is 0 Å². The standard InChI is InChI=1S/C23H28N4O2/c1-4-5-12-27-22(25-21(26-27)13-16(2)3)14-17-10-11-20(24-15-17)18-8-6-7-9-19(18)23(28)29/h6-11,15-16H,4-5,12-14H2,1-3H3,(H,28,29). The lowest BCUT2D eigenvalue weighted by molar-refractivity contribution is 0.0697. The van der Waals surface area contributed by atoms with Crippen molar-refractivity contribution in [1.82, 2.24) is 19.7 Å². The Morgan fingerprint density at radius 1 is 1.17 bits per heavy atom. The van der Waals surface area contributed by atoms with Crippen LogP contribution in [0.25, 0.3) is 11.3 Å². The molecule has 0 aliphatic carbocycles. The van der Waals surface area contributed by atoms with Gasteiger partial charge in [-0.05, 0) is 30.0 Å². The predicted octanol–water partition coefficient (Wildman–Crippen LogP) is 4.63. The number of pyridine rings is 1. The molecule has 0 fully saturated rings. The van der Waals surface area contributed by atoms with E-state index >= 15 is 0 Å². The van der Waals surface area contributed by atoms with Crippen molar-refractivity contribution < 1.29 is 9.90 Å². The summed E-state index contributed by atoms with van der Waals surface area (Å²) in [6.45, 7) is 7.38. The van der Waals surface area contributed by atoms with Crippen molar-refractivity contribution in [2.24, 2.45) is 5.92 Å². The van der Waals surface area contributed by atoms with Crippen LogP contribution in [0.15, 0.2) is 42.6 Å². The first-order valence-corrected chi connectivity index (χ1v) is 10.2. The van der Waals surface area contributed by atoms with E-state index in [2.05, 4.69) is 25.8 Å². The molecule has 0 unspecified atom stereocenters.